The monoisotopic (exact) mass is 412 g/mol. The standard InChI is InChI=1S/C22H24N2O4S/c1-13(2)18-12-17(20(26)23-14-8-4-3-5-9-14)21(29-18)24-19(25)15-10-6-7-11-16(15)22(27)28/h3-9,12-13,15-16H,10-11H2,1-2H3,(H,23,26)(H,24,25)(H,27,28)/t15-,16-/m1/s1. The van der Waals surface area contributed by atoms with Gasteiger partial charge in [-0.05, 0) is 37.0 Å². The van der Waals surface area contributed by atoms with E-state index in [0.29, 0.717) is 29.1 Å². The van der Waals surface area contributed by atoms with Crippen molar-refractivity contribution in [3.8, 4) is 0 Å². The van der Waals surface area contributed by atoms with Crippen molar-refractivity contribution in [2.75, 3.05) is 10.6 Å². The van der Waals surface area contributed by atoms with Gasteiger partial charge in [0, 0.05) is 10.6 Å². The van der Waals surface area contributed by atoms with E-state index in [1.165, 1.54) is 11.3 Å². The third kappa shape index (κ3) is 4.92. The Morgan fingerprint density at radius 2 is 1.69 bits per heavy atom. The summed E-state index contributed by atoms with van der Waals surface area (Å²) in [5.74, 6) is -2.89. The lowest BCUT2D eigenvalue weighted by molar-refractivity contribution is -0.146. The lowest BCUT2D eigenvalue weighted by Crippen LogP contribution is -2.34. The summed E-state index contributed by atoms with van der Waals surface area (Å²) in [7, 11) is 0. The molecule has 3 N–H and O–H groups in total. The number of allylic oxidation sites excluding steroid dienone is 2. The molecule has 0 unspecified atom stereocenters. The van der Waals surface area contributed by atoms with Crippen LogP contribution < -0.4 is 10.6 Å². The Kier molecular flexibility index (Phi) is 6.49. The van der Waals surface area contributed by atoms with Crippen molar-refractivity contribution >= 4 is 39.8 Å². The van der Waals surface area contributed by atoms with Crippen molar-refractivity contribution < 1.29 is 19.5 Å². The highest BCUT2D eigenvalue weighted by Crippen LogP contribution is 2.35. The predicted molar refractivity (Wildman–Crippen MR) is 114 cm³/mol. The van der Waals surface area contributed by atoms with E-state index in [9.17, 15) is 19.5 Å². The number of benzene rings is 1. The Balaban J connectivity index is 1.84. The molecule has 152 valence electrons. The first-order valence-corrected chi connectivity index (χ1v) is 10.4. The van der Waals surface area contributed by atoms with Gasteiger partial charge in [0.2, 0.25) is 5.91 Å². The van der Waals surface area contributed by atoms with Crippen LogP contribution in [0.4, 0.5) is 10.7 Å². The molecule has 0 saturated heterocycles. The Morgan fingerprint density at radius 1 is 1.03 bits per heavy atom. The Labute approximate surface area is 173 Å². The van der Waals surface area contributed by atoms with Gasteiger partial charge in [0.05, 0.1) is 17.4 Å². The quantitative estimate of drug-likeness (QED) is 0.598. The van der Waals surface area contributed by atoms with Crippen molar-refractivity contribution in [1.82, 2.24) is 0 Å². The number of para-hydroxylation sites is 1. The highest BCUT2D eigenvalue weighted by atomic mass is 32.1. The summed E-state index contributed by atoms with van der Waals surface area (Å²) in [5, 5.41) is 15.6. The molecule has 1 aliphatic carbocycles. The van der Waals surface area contributed by atoms with Gasteiger partial charge in [-0.1, -0.05) is 44.2 Å². The van der Waals surface area contributed by atoms with Crippen molar-refractivity contribution in [3.05, 3.63) is 59.0 Å². The molecule has 29 heavy (non-hydrogen) atoms. The molecule has 1 aromatic carbocycles. The predicted octanol–water partition coefficient (Wildman–Crippen LogP) is 4.73. The second-order valence-corrected chi connectivity index (χ2v) is 8.43. The SMILES string of the molecule is CC(C)c1cc(C(=O)Nc2ccccc2)c(NC(=O)[C@@H]2CC=CC[C@H]2C(=O)O)s1. The van der Waals surface area contributed by atoms with E-state index in [1.54, 1.807) is 24.3 Å². The average Bonchev–Trinajstić information content (AvgIpc) is 3.13. The van der Waals surface area contributed by atoms with E-state index >= 15 is 0 Å². The van der Waals surface area contributed by atoms with Gasteiger partial charge in [0.15, 0.2) is 0 Å². The van der Waals surface area contributed by atoms with Crippen LogP contribution in [-0.2, 0) is 9.59 Å². The van der Waals surface area contributed by atoms with E-state index in [-0.39, 0.29) is 17.7 Å². The lowest BCUT2D eigenvalue weighted by atomic mass is 9.82. The van der Waals surface area contributed by atoms with Crippen molar-refractivity contribution in [2.45, 2.75) is 32.6 Å². The molecule has 3 rings (SSSR count). The number of nitrogens with one attached hydrogen (secondary N) is 2. The molecule has 1 aromatic heterocycles. The van der Waals surface area contributed by atoms with Gasteiger partial charge in [-0.15, -0.1) is 11.3 Å². The zero-order valence-electron chi connectivity index (χ0n) is 16.3. The maximum absolute atomic E-state index is 12.9. The zero-order chi connectivity index (χ0) is 21.0. The van der Waals surface area contributed by atoms with E-state index in [0.717, 1.165) is 4.88 Å². The van der Waals surface area contributed by atoms with E-state index in [4.69, 9.17) is 0 Å². The van der Waals surface area contributed by atoms with Crippen LogP contribution in [0.2, 0.25) is 0 Å². The number of carbonyl (C=O) groups excluding carboxylic acids is 2. The fourth-order valence-corrected chi connectivity index (χ4v) is 4.32. The van der Waals surface area contributed by atoms with Crippen LogP contribution in [0.25, 0.3) is 0 Å². The maximum atomic E-state index is 12.9. The molecule has 0 fully saturated rings. The van der Waals surface area contributed by atoms with E-state index in [2.05, 4.69) is 10.6 Å². The second-order valence-electron chi connectivity index (χ2n) is 7.35. The highest BCUT2D eigenvalue weighted by molar-refractivity contribution is 7.16. The fourth-order valence-electron chi connectivity index (χ4n) is 3.26. The number of rotatable bonds is 6. The molecule has 0 saturated carbocycles. The first-order valence-electron chi connectivity index (χ1n) is 9.55. The summed E-state index contributed by atoms with van der Waals surface area (Å²) in [6.45, 7) is 4.03. The largest absolute Gasteiger partial charge is 0.481 e. The number of thiophene rings is 1. The van der Waals surface area contributed by atoms with Crippen LogP contribution in [0.5, 0.6) is 0 Å². The van der Waals surface area contributed by atoms with Crippen LogP contribution >= 0.6 is 11.3 Å². The Bertz CT molecular complexity index is 934. The van der Waals surface area contributed by atoms with Crippen LogP contribution in [-0.4, -0.2) is 22.9 Å². The van der Waals surface area contributed by atoms with Gasteiger partial charge in [-0.2, -0.15) is 0 Å². The fraction of sp³-hybridized carbons (Fsp3) is 0.318. The second kappa shape index (κ2) is 9.05. The smallest absolute Gasteiger partial charge is 0.307 e. The van der Waals surface area contributed by atoms with Crippen LogP contribution in [0.15, 0.2) is 48.6 Å². The van der Waals surface area contributed by atoms with Crippen LogP contribution in [0, 0.1) is 11.8 Å². The summed E-state index contributed by atoms with van der Waals surface area (Å²) in [5.41, 5.74) is 1.05. The average molecular weight is 413 g/mol. The molecule has 0 radical (unpaired) electrons. The van der Waals surface area contributed by atoms with Crippen molar-refractivity contribution in [2.24, 2.45) is 11.8 Å². The summed E-state index contributed by atoms with van der Waals surface area (Å²) in [4.78, 5) is 38.2. The topological polar surface area (TPSA) is 95.5 Å². The van der Waals surface area contributed by atoms with Crippen molar-refractivity contribution in [1.29, 1.82) is 0 Å². The molecular weight excluding hydrogens is 388 g/mol. The van der Waals surface area contributed by atoms with Gasteiger partial charge in [0.25, 0.3) is 5.91 Å². The van der Waals surface area contributed by atoms with Gasteiger partial charge in [0.1, 0.15) is 5.00 Å². The first kappa shape index (κ1) is 20.8. The molecule has 2 amide bonds. The number of hydrogen-bond acceptors (Lipinski definition) is 4. The summed E-state index contributed by atoms with van der Waals surface area (Å²) in [6.07, 6.45) is 4.33. The maximum Gasteiger partial charge on any atom is 0.307 e. The van der Waals surface area contributed by atoms with Crippen LogP contribution in [0.3, 0.4) is 0 Å². The summed E-state index contributed by atoms with van der Waals surface area (Å²) in [6, 6.07) is 10.9. The van der Waals surface area contributed by atoms with E-state index in [1.807, 2.05) is 38.1 Å². The molecule has 2 atom stereocenters. The molecule has 6 nitrogen and oxygen atoms in total. The molecule has 0 spiro atoms. The molecule has 1 heterocycles. The zero-order valence-corrected chi connectivity index (χ0v) is 17.2. The minimum Gasteiger partial charge on any atom is -0.481 e. The first-order chi connectivity index (χ1) is 13.9. The number of carboxylic acids is 1. The number of aliphatic carboxylic acids is 1. The molecule has 7 heteroatoms. The number of hydrogen-bond donors (Lipinski definition) is 3. The molecule has 0 aliphatic heterocycles. The molecule has 0 bridgehead atoms. The number of amides is 2. The van der Waals surface area contributed by atoms with Gasteiger partial charge in [-0.25, -0.2) is 0 Å². The molecular formula is C22H24N2O4S. The molecule has 1 aliphatic rings. The number of anilines is 2. The Hall–Kier alpha value is -2.93. The summed E-state index contributed by atoms with van der Waals surface area (Å²) < 4.78 is 0. The lowest BCUT2D eigenvalue weighted by Gasteiger charge is -2.24. The minimum absolute atomic E-state index is 0.193. The minimum atomic E-state index is -0.981. The third-order valence-electron chi connectivity index (χ3n) is 4.92. The molecule has 2 aromatic rings. The third-order valence-corrected chi connectivity index (χ3v) is 6.27. The summed E-state index contributed by atoms with van der Waals surface area (Å²) >= 11 is 1.35. The highest BCUT2D eigenvalue weighted by Gasteiger charge is 2.34. The Morgan fingerprint density at radius 3 is 2.31 bits per heavy atom. The van der Waals surface area contributed by atoms with Crippen molar-refractivity contribution in [3.63, 3.8) is 0 Å². The normalized spacial score (nSPS) is 18.4. The van der Waals surface area contributed by atoms with Gasteiger partial charge in [-0.3, -0.25) is 14.4 Å². The number of carbonyl (C=O) groups is 3. The van der Waals surface area contributed by atoms with E-state index < -0.39 is 17.8 Å². The number of carboxylic acid groups (broad SMARTS) is 1. The van der Waals surface area contributed by atoms with Crippen LogP contribution in [0.1, 0.15) is 47.8 Å². The van der Waals surface area contributed by atoms with Gasteiger partial charge >= 0.3 is 5.97 Å². The van der Waals surface area contributed by atoms with Gasteiger partial charge < -0.3 is 15.7 Å².